The van der Waals surface area contributed by atoms with Crippen LogP contribution in [0.15, 0.2) is 83.8 Å². The first-order valence-electron chi connectivity index (χ1n) is 11.6. The maximum atomic E-state index is 13.0. The Morgan fingerprint density at radius 1 is 0.784 bits per heavy atom. The lowest BCUT2D eigenvalue weighted by molar-refractivity contribution is -0.133. The number of piperidine rings is 1. The number of nitrogens with one attached hydrogen (secondary N) is 2. The predicted octanol–water partition coefficient (Wildman–Crippen LogP) is 2.64. The summed E-state index contributed by atoms with van der Waals surface area (Å²) in [6.07, 6.45) is 0.628. The molecule has 1 aliphatic heterocycles. The molecule has 0 spiro atoms. The smallest absolute Gasteiger partial charge is 0.261 e. The first-order chi connectivity index (χ1) is 17.7. The lowest BCUT2D eigenvalue weighted by atomic mass is 10.0. The van der Waals surface area contributed by atoms with Crippen molar-refractivity contribution in [2.24, 2.45) is 0 Å². The van der Waals surface area contributed by atoms with Crippen LogP contribution >= 0.6 is 0 Å². The molecule has 0 unspecified atom stereocenters. The molecule has 3 aromatic rings. The summed E-state index contributed by atoms with van der Waals surface area (Å²) in [5.41, 5.74) is 0.948. The number of carbonyl (C=O) groups is 4. The third-order valence-electron chi connectivity index (χ3n) is 5.95. The van der Waals surface area contributed by atoms with Crippen molar-refractivity contribution in [3.8, 4) is 0 Å². The number of sulfonamides is 1. The van der Waals surface area contributed by atoms with Gasteiger partial charge in [0.15, 0.2) is 5.78 Å². The van der Waals surface area contributed by atoms with E-state index in [2.05, 4.69) is 10.0 Å². The van der Waals surface area contributed by atoms with Gasteiger partial charge in [-0.05, 0) is 36.4 Å². The van der Waals surface area contributed by atoms with Crippen molar-refractivity contribution >= 4 is 39.1 Å². The van der Waals surface area contributed by atoms with Gasteiger partial charge >= 0.3 is 0 Å². The Morgan fingerprint density at radius 3 is 2.08 bits per heavy atom. The molecular weight excluding hydrogens is 494 g/mol. The van der Waals surface area contributed by atoms with Gasteiger partial charge in [0.25, 0.3) is 15.9 Å². The van der Waals surface area contributed by atoms with Gasteiger partial charge in [-0.15, -0.1) is 0 Å². The van der Waals surface area contributed by atoms with Crippen molar-refractivity contribution in [2.45, 2.75) is 17.7 Å². The van der Waals surface area contributed by atoms with Gasteiger partial charge < -0.3 is 10.2 Å². The molecule has 0 atom stereocenters. The fraction of sp³-hybridized carbons (Fsp3) is 0.185. The Labute approximate surface area is 214 Å². The Balaban J connectivity index is 1.41. The van der Waals surface area contributed by atoms with Crippen LogP contribution in [0.4, 0.5) is 5.69 Å². The number of para-hydroxylation sites is 1. The van der Waals surface area contributed by atoms with Gasteiger partial charge in [0, 0.05) is 42.6 Å². The SMILES string of the molecule is O=C1CCN(C(=O)CNC(=O)c2ccc(S(=O)(=O)Nc3ccccc3C(=O)c3ccccc3)cc2)CC1. The van der Waals surface area contributed by atoms with Gasteiger partial charge in [0.2, 0.25) is 5.91 Å². The molecule has 3 aromatic carbocycles. The molecule has 37 heavy (non-hydrogen) atoms. The fourth-order valence-corrected chi connectivity index (χ4v) is 4.96. The van der Waals surface area contributed by atoms with E-state index in [-0.39, 0.29) is 45.7 Å². The van der Waals surface area contributed by atoms with Crippen molar-refractivity contribution in [1.82, 2.24) is 10.2 Å². The van der Waals surface area contributed by atoms with Crippen LogP contribution < -0.4 is 10.0 Å². The minimum Gasteiger partial charge on any atom is -0.343 e. The van der Waals surface area contributed by atoms with E-state index in [1.54, 1.807) is 48.5 Å². The molecule has 0 bridgehead atoms. The summed E-state index contributed by atoms with van der Waals surface area (Å²) in [4.78, 5) is 50.4. The highest BCUT2D eigenvalue weighted by Gasteiger charge is 2.22. The third kappa shape index (κ3) is 6.28. The van der Waals surface area contributed by atoms with Crippen molar-refractivity contribution in [3.05, 3.63) is 95.6 Å². The summed E-state index contributed by atoms with van der Waals surface area (Å²) in [7, 11) is -4.06. The van der Waals surface area contributed by atoms with Crippen LogP contribution in [0.25, 0.3) is 0 Å². The molecule has 0 aromatic heterocycles. The van der Waals surface area contributed by atoms with Gasteiger partial charge in [0.05, 0.1) is 17.1 Å². The van der Waals surface area contributed by atoms with Crippen LogP contribution in [0.2, 0.25) is 0 Å². The summed E-state index contributed by atoms with van der Waals surface area (Å²) < 4.78 is 28.5. The number of nitrogens with zero attached hydrogens (tertiary/aromatic N) is 1. The molecule has 1 heterocycles. The number of carbonyl (C=O) groups excluding carboxylic acids is 4. The number of hydrogen-bond donors (Lipinski definition) is 2. The number of amides is 2. The predicted molar refractivity (Wildman–Crippen MR) is 137 cm³/mol. The van der Waals surface area contributed by atoms with Crippen molar-refractivity contribution in [1.29, 1.82) is 0 Å². The van der Waals surface area contributed by atoms with Crippen molar-refractivity contribution in [2.75, 3.05) is 24.4 Å². The zero-order chi connectivity index (χ0) is 26.4. The minimum atomic E-state index is -4.06. The second kappa shape index (κ2) is 11.2. The highest BCUT2D eigenvalue weighted by atomic mass is 32.2. The Kier molecular flexibility index (Phi) is 7.78. The molecule has 1 fully saturated rings. The number of ketones is 2. The van der Waals surface area contributed by atoms with Crippen LogP contribution in [0.5, 0.6) is 0 Å². The second-order valence-electron chi connectivity index (χ2n) is 8.47. The number of Topliss-reactive ketones (excluding diaryl/α,β-unsaturated/α-hetero) is 1. The summed E-state index contributed by atoms with van der Waals surface area (Å²) >= 11 is 0. The number of hydrogen-bond acceptors (Lipinski definition) is 6. The molecule has 1 aliphatic rings. The maximum Gasteiger partial charge on any atom is 0.261 e. The summed E-state index contributed by atoms with van der Waals surface area (Å²) in [6.45, 7) is 0.460. The lowest BCUT2D eigenvalue weighted by Gasteiger charge is -2.26. The third-order valence-corrected chi connectivity index (χ3v) is 7.33. The van der Waals surface area contributed by atoms with Crippen LogP contribution in [-0.2, 0) is 19.6 Å². The maximum absolute atomic E-state index is 13.0. The first kappa shape index (κ1) is 25.8. The van der Waals surface area contributed by atoms with E-state index in [0.717, 1.165) is 0 Å². The summed E-state index contributed by atoms with van der Waals surface area (Å²) in [5, 5.41) is 2.52. The Bertz CT molecular complexity index is 1430. The number of benzene rings is 3. The molecule has 10 heteroatoms. The average molecular weight is 520 g/mol. The molecule has 2 amide bonds. The second-order valence-corrected chi connectivity index (χ2v) is 10.2. The number of anilines is 1. The Hall–Kier alpha value is -4.31. The van der Waals surface area contributed by atoms with Gasteiger partial charge in [-0.2, -0.15) is 0 Å². The van der Waals surface area contributed by atoms with Crippen LogP contribution in [0.3, 0.4) is 0 Å². The van der Waals surface area contributed by atoms with Crippen LogP contribution in [0, 0.1) is 0 Å². The van der Waals surface area contributed by atoms with E-state index in [1.165, 1.54) is 35.2 Å². The minimum absolute atomic E-state index is 0.0972. The van der Waals surface area contributed by atoms with Crippen LogP contribution in [0.1, 0.15) is 39.1 Å². The molecule has 0 radical (unpaired) electrons. The first-order valence-corrected chi connectivity index (χ1v) is 13.1. The molecule has 190 valence electrons. The molecule has 9 nitrogen and oxygen atoms in total. The highest BCUT2D eigenvalue weighted by molar-refractivity contribution is 7.92. The molecule has 0 aliphatic carbocycles. The molecule has 4 rings (SSSR count). The number of rotatable bonds is 8. The molecule has 0 saturated carbocycles. The average Bonchev–Trinajstić information content (AvgIpc) is 2.92. The lowest BCUT2D eigenvalue weighted by Crippen LogP contribution is -2.44. The van der Waals surface area contributed by atoms with E-state index in [4.69, 9.17) is 0 Å². The molecule has 1 saturated heterocycles. The number of likely N-dealkylation sites (tertiary alicyclic amines) is 1. The highest BCUT2D eigenvalue weighted by Crippen LogP contribution is 2.23. The molecule has 2 N–H and O–H groups in total. The van der Waals surface area contributed by atoms with E-state index < -0.39 is 15.9 Å². The van der Waals surface area contributed by atoms with Crippen LogP contribution in [-0.4, -0.2) is 56.3 Å². The normalized spacial score (nSPS) is 13.6. The zero-order valence-corrected chi connectivity index (χ0v) is 20.7. The Morgan fingerprint density at radius 2 is 1.41 bits per heavy atom. The zero-order valence-electron chi connectivity index (χ0n) is 19.8. The quantitative estimate of drug-likeness (QED) is 0.440. The summed E-state index contributed by atoms with van der Waals surface area (Å²) in [5.74, 6) is -1.02. The van der Waals surface area contributed by atoms with Crippen molar-refractivity contribution < 1.29 is 27.6 Å². The monoisotopic (exact) mass is 519 g/mol. The summed E-state index contributed by atoms with van der Waals surface area (Å²) in [6, 6.07) is 20.1. The van der Waals surface area contributed by atoms with Gasteiger partial charge in [-0.25, -0.2) is 8.42 Å². The van der Waals surface area contributed by atoms with E-state index in [9.17, 15) is 27.6 Å². The van der Waals surface area contributed by atoms with Gasteiger partial charge in [0.1, 0.15) is 5.78 Å². The van der Waals surface area contributed by atoms with E-state index in [1.807, 2.05) is 0 Å². The van der Waals surface area contributed by atoms with E-state index in [0.29, 0.717) is 31.5 Å². The van der Waals surface area contributed by atoms with Gasteiger partial charge in [-0.1, -0.05) is 42.5 Å². The standard InChI is InChI=1S/C27H25N3O6S/c31-21-14-16-30(17-15-21)25(32)18-28-27(34)20-10-12-22(13-11-20)37(35,36)29-24-9-5-4-8-23(24)26(33)19-6-2-1-3-7-19/h1-13,29H,14-18H2,(H,28,34). The van der Waals surface area contributed by atoms with E-state index >= 15 is 0 Å². The fourth-order valence-electron chi connectivity index (χ4n) is 3.88. The van der Waals surface area contributed by atoms with Crippen molar-refractivity contribution in [3.63, 3.8) is 0 Å². The topological polar surface area (TPSA) is 130 Å². The largest absolute Gasteiger partial charge is 0.343 e. The molecular formula is C27H25N3O6S. The van der Waals surface area contributed by atoms with Gasteiger partial charge in [-0.3, -0.25) is 23.9 Å².